The van der Waals surface area contributed by atoms with Crippen LogP contribution in [0.4, 0.5) is 17.8 Å². The number of hydrogen-bond acceptors (Lipinski definition) is 7. The van der Waals surface area contributed by atoms with Gasteiger partial charge in [0.05, 0.1) is 0 Å². The summed E-state index contributed by atoms with van der Waals surface area (Å²) >= 11 is 0. The molecule has 198 valence electrons. The number of aryl methyl sites for hydroxylation is 2. The topological polar surface area (TPSA) is 69.2 Å². The standard InChI is InChI=1S/C31H39N7/c1-4-18-32-29-34-30(33-19-5-2)36-31(35-29)38-20-16-25(17-21-38)37(3)22-28-26-12-8-6-10-23(26)14-15-24-11-7-9-13-27(24)28/h4-13,25,28H,1-2,14-22H2,3H3,(H2,32,33,34,35,36). The molecule has 1 fully saturated rings. The summed E-state index contributed by atoms with van der Waals surface area (Å²) < 4.78 is 0. The van der Waals surface area contributed by atoms with Crippen molar-refractivity contribution in [2.45, 2.75) is 37.6 Å². The smallest absolute Gasteiger partial charge is 0.231 e. The zero-order valence-electron chi connectivity index (χ0n) is 22.4. The lowest BCUT2D eigenvalue weighted by atomic mass is 9.87. The van der Waals surface area contributed by atoms with E-state index in [4.69, 9.17) is 9.97 Å². The molecule has 0 radical (unpaired) electrons. The summed E-state index contributed by atoms with van der Waals surface area (Å²) in [5.74, 6) is 2.23. The van der Waals surface area contributed by atoms with Gasteiger partial charge < -0.3 is 20.4 Å². The molecular weight excluding hydrogens is 470 g/mol. The predicted molar refractivity (Wildman–Crippen MR) is 157 cm³/mol. The highest BCUT2D eigenvalue weighted by atomic mass is 15.3. The average Bonchev–Trinajstić information content (AvgIpc) is 3.12. The van der Waals surface area contributed by atoms with E-state index < -0.39 is 0 Å². The van der Waals surface area contributed by atoms with Crippen molar-refractivity contribution in [1.82, 2.24) is 19.9 Å². The zero-order valence-corrected chi connectivity index (χ0v) is 22.4. The summed E-state index contributed by atoms with van der Waals surface area (Å²) in [5, 5.41) is 6.41. The highest BCUT2D eigenvalue weighted by molar-refractivity contribution is 5.46. The molecule has 2 aliphatic rings. The quantitative estimate of drug-likeness (QED) is 0.377. The van der Waals surface area contributed by atoms with Crippen molar-refractivity contribution < 1.29 is 0 Å². The van der Waals surface area contributed by atoms with Crippen LogP contribution < -0.4 is 15.5 Å². The molecule has 2 aromatic carbocycles. The van der Waals surface area contributed by atoms with Crippen LogP contribution in [0, 0.1) is 0 Å². The van der Waals surface area contributed by atoms with Gasteiger partial charge in [0.2, 0.25) is 17.8 Å². The molecule has 7 nitrogen and oxygen atoms in total. The number of nitrogens with zero attached hydrogens (tertiary/aromatic N) is 5. The van der Waals surface area contributed by atoms with Crippen molar-refractivity contribution >= 4 is 17.8 Å². The first-order chi connectivity index (χ1) is 18.7. The molecule has 38 heavy (non-hydrogen) atoms. The fourth-order valence-corrected chi connectivity index (χ4v) is 5.77. The number of piperidine rings is 1. The maximum absolute atomic E-state index is 4.69. The molecule has 2 heterocycles. The Kier molecular flexibility index (Phi) is 8.34. The Morgan fingerprint density at radius 3 is 1.89 bits per heavy atom. The molecular formula is C31H39N7. The largest absolute Gasteiger partial charge is 0.351 e. The first-order valence-corrected chi connectivity index (χ1v) is 13.7. The number of likely N-dealkylation sites (N-methyl/N-ethyl adjacent to an activating group) is 1. The van der Waals surface area contributed by atoms with E-state index in [0.29, 0.717) is 42.9 Å². The van der Waals surface area contributed by atoms with Crippen LogP contribution in [0.2, 0.25) is 0 Å². The van der Waals surface area contributed by atoms with Crippen LogP contribution in [0.1, 0.15) is 41.0 Å². The van der Waals surface area contributed by atoms with Crippen molar-refractivity contribution in [1.29, 1.82) is 0 Å². The lowest BCUT2D eigenvalue weighted by molar-refractivity contribution is 0.202. The summed E-state index contributed by atoms with van der Waals surface area (Å²) in [6.07, 6.45) is 7.97. The van der Waals surface area contributed by atoms with Crippen LogP contribution >= 0.6 is 0 Å². The van der Waals surface area contributed by atoms with Gasteiger partial charge in [-0.05, 0) is 55.0 Å². The second kappa shape index (κ2) is 12.2. The summed E-state index contributed by atoms with van der Waals surface area (Å²) in [5.41, 5.74) is 5.97. The van der Waals surface area contributed by atoms with Crippen LogP contribution in [-0.4, -0.2) is 65.7 Å². The van der Waals surface area contributed by atoms with E-state index in [0.717, 1.165) is 45.3 Å². The third-order valence-corrected chi connectivity index (χ3v) is 7.80. The Bertz CT molecular complexity index is 1170. The summed E-state index contributed by atoms with van der Waals surface area (Å²) in [7, 11) is 2.30. The number of anilines is 3. The third-order valence-electron chi connectivity index (χ3n) is 7.80. The third kappa shape index (κ3) is 5.89. The van der Waals surface area contributed by atoms with E-state index in [9.17, 15) is 0 Å². The highest BCUT2D eigenvalue weighted by Crippen LogP contribution is 2.35. The van der Waals surface area contributed by atoms with E-state index in [-0.39, 0.29) is 0 Å². The monoisotopic (exact) mass is 509 g/mol. The van der Waals surface area contributed by atoms with Crippen LogP contribution in [0.3, 0.4) is 0 Å². The van der Waals surface area contributed by atoms with Crippen LogP contribution in [-0.2, 0) is 12.8 Å². The number of aromatic nitrogens is 3. The number of rotatable bonds is 10. The van der Waals surface area contributed by atoms with Gasteiger partial charge in [0.25, 0.3) is 0 Å². The normalized spacial score (nSPS) is 15.9. The predicted octanol–water partition coefficient (Wildman–Crippen LogP) is 4.90. The fraction of sp³-hybridized carbons (Fsp3) is 0.387. The van der Waals surface area contributed by atoms with Gasteiger partial charge in [0, 0.05) is 44.7 Å². The van der Waals surface area contributed by atoms with Crippen molar-refractivity contribution in [3.63, 3.8) is 0 Å². The van der Waals surface area contributed by atoms with Crippen LogP contribution in [0.15, 0.2) is 73.8 Å². The Balaban J connectivity index is 1.28. The minimum atomic E-state index is 0.397. The molecule has 0 atom stereocenters. The van der Waals surface area contributed by atoms with Crippen LogP contribution in [0.5, 0.6) is 0 Å². The van der Waals surface area contributed by atoms with Gasteiger partial charge in [-0.2, -0.15) is 15.0 Å². The first-order valence-electron chi connectivity index (χ1n) is 13.7. The highest BCUT2D eigenvalue weighted by Gasteiger charge is 2.29. The second-order valence-corrected chi connectivity index (χ2v) is 10.2. The SMILES string of the molecule is C=CCNc1nc(NCC=C)nc(N2CCC(N(C)CC3c4ccccc4CCc4ccccc43)CC2)n1. The van der Waals surface area contributed by atoms with E-state index >= 15 is 0 Å². The van der Waals surface area contributed by atoms with Gasteiger partial charge in [0.15, 0.2) is 0 Å². The minimum absolute atomic E-state index is 0.397. The summed E-state index contributed by atoms with van der Waals surface area (Å²) in [6.45, 7) is 11.6. The fourth-order valence-electron chi connectivity index (χ4n) is 5.77. The molecule has 2 N–H and O–H groups in total. The zero-order chi connectivity index (χ0) is 26.3. The summed E-state index contributed by atoms with van der Waals surface area (Å²) in [4.78, 5) is 18.7. The van der Waals surface area contributed by atoms with E-state index in [1.807, 2.05) is 0 Å². The van der Waals surface area contributed by atoms with Gasteiger partial charge >= 0.3 is 0 Å². The molecule has 0 amide bonds. The van der Waals surface area contributed by atoms with Gasteiger partial charge in [-0.3, -0.25) is 0 Å². The maximum atomic E-state index is 4.69. The van der Waals surface area contributed by atoms with Crippen LogP contribution in [0.25, 0.3) is 0 Å². The molecule has 0 unspecified atom stereocenters. The van der Waals surface area contributed by atoms with Crippen molar-refractivity contribution in [2.75, 3.05) is 55.3 Å². The second-order valence-electron chi connectivity index (χ2n) is 10.2. The van der Waals surface area contributed by atoms with E-state index in [2.05, 4.69) is 94.2 Å². The van der Waals surface area contributed by atoms with E-state index in [1.54, 1.807) is 12.2 Å². The molecule has 0 bridgehead atoms. The molecule has 3 aromatic rings. The molecule has 0 saturated carbocycles. The Morgan fingerprint density at radius 1 is 0.842 bits per heavy atom. The van der Waals surface area contributed by atoms with Crippen molar-refractivity contribution in [3.05, 3.63) is 96.1 Å². The molecule has 1 saturated heterocycles. The van der Waals surface area contributed by atoms with Gasteiger partial charge in [-0.25, -0.2) is 0 Å². The first kappa shape index (κ1) is 25.9. The maximum Gasteiger partial charge on any atom is 0.231 e. The van der Waals surface area contributed by atoms with Crippen molar-refractivity contribution in [3.8, 4) is 0 Å². The molecule has 1 aromatic heterocycles. The van der Waals surface area contributed by atoms with Crippen molar-refractivity contribution in [2.24, 2.45) is 0 Å². The minimum Gasteiger partial charge on any atom is -0.351 e. The molecule has 1 aliphatic carbocycles. The van der Waals surface area contributed by atoms with E-state index in [1.165, 1.54) is 22.3 Å². The van der Waals surface area contributed by atoms with Gasteiger partial charge in [0.1, 0.15) is 0 Å². The van der Waals surface area contributed by atoms with Gasteiger partial charge in [-0.1, -0.05) is 60.7 Å². The Hall–Kier alpha value is -3.71. The Labute approximate surface area is 226 Å². The summed E-state index contributed by atoms with van der Waals surface area (Å²) in [6, 6.07) is 18.6. The average molecular weight is 510 g/mol. The molecule has 0 spiro atoms. The lowest BCUT2D eigenvalue weighted by Gasteiger charge is -2.38. The van der Waals surface area contributed by atoms with Gasteiger partial charge in [-0.15, -0.1) is 13.2 Å². The number of nitrogens with one attached hydrogen (secondary N) is 2. The Morgan fingerprint density at radius 2 is 1.37 bits per heavy atom. The molecule has 1 aliphatic heterocycles. The number of fused-ring (bicyclic) bond motifs is 2. The molecule has 7 heteroatoms. The number of hydrogen-bond donors (Lipinski definition) is 2. The molecule has 5 rings (SSSR count). The number of benzene rings is 2. The lowest BCUT2D eigenvalue weighted by Crippen LogP contribution is -2.45.